The highest BCUT2D eigenvalue weighted by Gasteiger charge is 2.35. The summed E-state index contributed by atoms with van der Waals surface area (Å²) in [6.07, 6.45) is 0.498. The van der Waals surface area contributed by atoms with E-state index in [1.807, 2.05) is 38.1 Å². The lowest BCUT2D eigenvalue weighted by Gasteiger charge is -2.17. The predicted octanol–water partition coefficient (Wildman–Crippen LogP) is 2.41. The summed E-state index contributed by atoms with van der Waals surface area (Å²) < 4.78 is 1.62. The summed E-state index contributed by atoms with van der Waals surface area (Å²) in [6.45, 7) is 4.60. The van der Waals surface area contributed by atoms with Gasteiger partial charge in [0, 0.05) is 24.7 Å². The SMILES string of the molecule is Cc1ccc(N2CC(C(=O)Nc3cc(C)nn3CCC#N)CC2=O)cc1. The third kappa shape index (κ3) is 3.75. The van der Waals surface area contributed by atoms with Crippen molar-refractivity contribution in [2.45, 2.75) is 33.2 Å². The number of hydrogen-bond acceptors (Lipinski definition) is 4. The van der Waals surface area contributed by atoms with Gasteiger partial charge >= 0.3 is 0 Å². The molecular formula is C19H21N5O2. The van der Waals surface area contributed by atoms with Gasteiger partial charge < -0.3 is 10.2 Å². The van der Waals surface area contributed by atoms with Crippen molar-refractivity contribution in [3.8, 4) is 6.07 Å². The second kappa shape index (κ2) is 7.40. The minimum atomic E-state index is -0.413. The summed E-state index contributed by atoms with van der Waals surface area (Å²) in [6, 6.07) is 11.5. The van der Waals surface area contributed by atoms with E-state index in [1.165, 1.54) is 0 Å². The van der Waals surface area contributed by atoms with Crippen LogP contribution in [0.25, 0.3) is 0 Å². The van der Waals surface area contributed by atoms with Gasteiger partial charge in [0.15, 0.2) is 0 Å². The third-order valence-corrected chi connectivity index (χ3v) is 4.43. The second-order valence-electron chi connectivity index (χ2n) is 6.53. The molecule has 0 bridgehead atoms. The van der Waals surface area contributed by atoms with E-state index in [0.29, 0.717) is 25.3 Å². The molecule has 0 radical (unpaired) electrons. The fraction of sp³-hybridized carbons (Fsp3) is 0.368. The molecule has 3 rings (SSSR count). The van der Waals surface area contributed by atoms with Gasteiger partial charge in [0.25, 0.3) is 0 Å². The van der Waals surface area contributed by atoms with Gasteiger partial charge in [0.2, 0.25) is 11.8 Å². The largest absolute Gasteiger partial charge is 0.312 e. The molecule has 7 heteroatoms. The fourth-order valence-corrected chi connectivity index (χ4v) is 3.06. The Labute approximate surface area is 152 Å². The average Bonchev–Trinajstić information content (AvgIpc) is 3.16. The number of carbonyl (C=O) groups is 2. The van der Waals surface area contributed by atoms with Crippen LogP contribution >= 0.6 is 0 Å². The molecule has 2 aromatic rings. The molecule has 1 N–H and O–H groups in total. The van der Waals surface area contributed by atoms with Gasteiger partial charge in [-0.15, -0.1) is 0 Å². The fourth-order valence-electron chi connectivity index (χ4n) is 3.06. The van der Waals surface area contributed by atoms with E-state index < -0.39 is 5.92 Å². The van der Waals surface area contributed by atoms with Gasteiger partial charge in [-0.3, -0.25) is 9.59 Å². The number of rotatable bonds is 5. The van der Waals surface area contributed by atoms with Crippen molar-refractivity contribution in [2.75, 3.05) is 16.8 Å². The molecule has 1 fully saturated rings. The van der Waals surface area contributed by atoms with Crippen LogP contribution < -0.4 is 10.2 Å². The van der Waals surface area contributed by atoms with E-state index in [2.05, 4.69) is 16.5 Å². The molecule has 1 saturated heterocycles. The first-order valence-electron chi connectivity index (χ1n) is 8.57. The van der Waals surface area contributed by atoms with Crippen molar-refractivity contribution in [2.24, 2.45) is 5.92 Å². The van der Waals surface area contributed by atoms with E-state index in [1.54, 1.807) is 15.6 Å². The Hall–Kier alpha value is -3.14. The maximum atomic E-state index is 12.6. The molecule has 0 saturated carbocycles. The maximum Gasteiger partial charge on any atom is 0.230 e. The quantitative estimate of drug-likeness (QED) is 0.895. The van der Waals surface area contributed by atoms with Crippen molar-refractivity contribution in [1.82, 2.24) is 9.78 Å². The summed E-state index contributed by atoms with van der Waals surface area (Å²) in [7, 11) is 0. The zero-order valence-electron chi connectivity index (χ0n) is 14.9. The number of aromatic nitrogens is 2. The zero-order valence-corrected chi connectivity index (χ0v) is 14.9. The summed E-state index contributed by atoms with van der Waals surface area (Å²) in [5, 5.41) is 15.9. The number of nitrogens with zero attached hydrogens (tertiary/aromatic N) is 4. The van der Waals surface area contributed by atoms with Crippen LogP contribution in [0.4, 0.5) is 11.5 Å². The zero-order chi connectivity index (χ0) is 18.7. The van der Waals surface area contributed by atoms with Crippen molar-refractivity contribution in [3.05, 3.63) is 41.6 Å². The van der Waals surface area contributed by atoms with Crippen LogP contribution in [0.1, 0.15) is 24.1 Å². The van der Waals surface area contributed by atoms with Gasteiger partial charge in [-0.2, -0.15) is 10.4 Å². The summed E-state index contributed by atoms with van der Waals surface area (Å²) in [5.74, 6) is -0.110. The standard InChI is InChI=1S/C19H21N5O2/c1-13-4-6-16(7-5-13)23-12-15(11-18(23)25)19(26)21-17-10-14(2)22-24(17)9-3-8-20/h4-7,10,15H,3,9,11-12H2,1-2H3,(H,21,26). The number of hydrogen-bond donors (Lipinski definition) is 1. The highest BCUT2D eigenvalue weighted by Crippen LogP contribution is 2.26. The molecule has 1 unspecified atom stereocenters. The normalized spacial score (nSPS) is 16.6. The average molecular weight is 351 g/mol. The molecule has 2 heterocycles. The first kappa shape index (κ1) is 17.7. The predicted molar refractivity (Wildman–Crippen MR) is 97.5 cm³/mol. The Morgan fingerprint density at radius 1 is 1.35 bits per heavy atom. The van der Waals surface area contributed by atoms with Crippen molar-refractivity contribution >= 4 is 23.3 Å². The van der Waals surface area contributed by atoms with Gasteiger partial charge in [0.1, 0.15) is 5.82 Å². The van der Waals surface area contributed by atoms with Gasteiger partial charge in [-0.05, 0) is 26.0 Å². The van der Waals surface area contributed by atoms with Crippen LogP contribution in [0.2, 0.25) is 0 Å². The number of amides is 2. The molecule has 1 aliphatic rings. The highest BCUT2D eigenvalue weighted by atomic mass is 16.2. The molecule has 7 nitrogen and oxygen atoms in total. The van der Waals surface area contributed by atoms with E-state index in [0.717, 1.165) is 16.9 Å². The molecule has 26 heavy (non-hydrogen) atoms. The number of nitriles is 1. The number of anilines is 2. The lowest BCUT2D eigenvalue weighted by molar-refractivity contribution is -0.122. The van der Waals surface area contributed by atoms with Gasteiger partial charge in [0.05, 0.1) is 30.6 Å². The Balaban J connectivity index is 1.69. The van der Waals surface area contributed by atoms with E-state index in [4.69, 9.17) is 5.26 Å². The van der Waals surface area contributed by atoms with Crippen LogP contribution in [0.15, 0.2) is 30.3 Å². The maximum absolute atomic E-state index is 12.6. The van der Waals surface area contributed by atoms with E-state index >= 15 is 0 Å². The first-order chi connectivity index (χ1) is 12.5. The first-order valence-corrected chi connectivity index (χ1v) is 8.57. The molecule has 0 aliphatic carbocycles. The summed E-state index contributed by atoms with van der Waals surface area (Å²) >= 11 is 0. The molecular weight excluding hydrogens is 330 g/mol. The smallest absolute Gasteiger partial charge is 0.230 e. The molecule has 1 aromatic heterocycles. The van der Waals surface area contributed by atoms with E-state index in [-0.39, 0.29) is 18.2 Å². The summed E-state index contributed by atoms with van der Waals surface area (Å²) in [4.78, 5) is 26.6. The van der Waals surface area contributed by atoms with Crippen LogP contribution in [0, 0.1) is 31.1 Å². The van der Waals surface area contributed by atoms with Gasteiger partial charge in [-0.25, -0.2) is 4.68 Å². The third-order valence-electron chi connectivity index (χ3n) is 4.43. The van der Waals surface area contributed by atoms with Gasteiger partial charge in [-0.1, -0.05) is 17.7 Å². The van der Waals surface area contributed by atoms with Crippen molar-refractivity contribution in [1.29, 1.82) is 5.26 Å². The minimum absolute atomic E-state index is 0.0526. The topological polar surface area (TPSA) is 91.0 Å². The molecule has 2 amide bonds. The molecule has 1 atom stereocenters. The van der Waals surface area contributed by atoms with Crippen molar-refractivity contribution in [3.63, 3.8) is 0 Å². The number of nitrogens with one attached hydrogen (secondary N) is 1. The van der Waals surface area contributed by atoms with Crippen LogP contribution in [0.3, 0.4) is 0 Å². The summed E-state index contributed by atoms with van der Waals surface area (Å²) in [5.41, 5.74) is 2.70. The Kier molecular flexibility index (Phi) is 5.03. The lowest BCUT2D eigenvalue weighted by Crippen LogP contribution is -2.28. The minimum Gasteiger partial charge on any atom is -0.312 e. The number of benzene rings is 1. The Morgan fingerprint density at radius 3 is 2.77 bits per heavy atom. The molecule has 0 spiro atoms. The Morgan fingerprint density at radius 2 is 2.08 bits per heavy atom. The molecule has 1 aliphatic heterocycles. The van der Waals surface area contributed by atoms with Crippen molar-refractivity contribution < 1.29 is 9.59 Å². The van der Waals surface area contributed by atoms with Crippen LogP contribution in [-0.2, 0) is 16.1 Å². The van der Waals surface area contributed by atoms with Crippen LogP contribution in [-0.4, -0.2) is 28.1 Å². The lowest BCUT2D eigenvalue weighted by atomic mass is 10.1. The number of aryl methyl sites for hydroxylation is 3. The van der Waals surface area contributed by atoms with E-state index in [9.17, 15) is 9.59 Å². The second-order valence-corrected chi connectivity index (χ2v) is 6.53. The monoisotopic (exact) mass is 351 g/mol. The molecule has 1 aromatic carbocycles. The molecule has 134 valence electrons. The number of carbonyl (C=O) groups excluding carboxylic acids is 2. The van der Waals surface area contributed by atoms with Crippen LogP contribution in [0.5, 0.6) is 0 Å². The highest BCUT2D eigenvalue weighted by molar-refractivity contribution is 6.03. The Bertz CT molecular complexity index is 863.